The summed E-state index contributed by atoms with van der Waals surface area (Å²) in [5, 5.41) is 0. The molecule has 0 aliphatic heterocycles. The number of benzene rings is 1. The minimum atomic E-state index is 0.960. The summed E-state index contributed by atoms with van der Waals surface area (Å²) < 4.78 is 4.22. The minimum absolute atomic E-state index is 0.960. The van der Waals surface area contributed by atoms with Gasteiger partial charge in [-0.2, -0.15) is 4.57 Å². The van der Waals surface area contributed by atoms with Crippen LogP contribution in [0.5, 0.6) is 0 Å². The zero-order valence-electron chi connectivity index (χ0n) is 9.96. The molecular formula is C14H14N3+. The summed E-state index contributed by atoms with van der Waals surface area (Å²) >= 11 is 0. The minimum Gasteiger partial charge on any atom is -0.232 e. The van der Waals surface area contributed by atoms with E-state index in [0.29, 0.717) is 0 Å². The fourth-order valence-electron chi connectivity index (χ4n) is 2.10. The molecule has 0 N–H and O–H groups in total. The molecule has 84 valence electrons. The zero-order valence-corrected chi connectivity index (χ0v) is 9.96. The van der Waals surface area contributed by atoms with Crippen molar-refractivity contribution in [1.82, 2.24) is 9.55 Å². The van der Waals surface area contributed by atoms with E-state index in [4.69, 9.17) is 0 Å². The smallest absolute Gasteiger partial charge is 0.232 e. The highest BCUT2D eigenvalue weighted by molar-refractivity contribution is 5.73. The predicted molar refractivity (Wildman–Crippen MR) is 67.0 cm³/mol. The van der Waals surface area contributed by atoms with Crippen molar-refractivity contribution in [1.29, 1.82) is 0 Å². The third-order valence-corrected chi connectivity index (χ3v) is 2.96. The topological polar surface area (TPSA) is 21.7 Å². The lowest BCUT2D eigenvalue weighted by molar-refractivity contribution is -0.645. The van der Waals surface area contributed by atoms with E-state index in [0.717, 1.165) is 5.82 Å². The van der Waals surface area contributed by atoms with Gasteiger partial charge in [-0.25, -0.2) is 9.55 Å². The molecule has 0 fully saturated rings. The Morgan fingerprint density at radius 2 is 2.00 bits per heavy atom. The number of aromatic nitrogens is 3. The summed E-state index contributed by atoms with van der Waals surface area (Å²) in [6.07, 6.45) is 3.91. The van der Waals surface area contributed by atoms with Gasteiger partial charge in [0.25, 0.3) is 6.33 Å². The molecule has 0 atom stereocenters. The van der Waals surface area contributed by atoms with Crippen LogP contribution in [-0.2, 0) is 7.05 Å². The van der Waals surface area contributed by atoms with Gasteiger partial charge in [0, 0.05) is 12.3 Å². The van der Waals surface area contributed by atoms with Crippen molar-refractivity contribution < 1.29 is 4.57 Å². The summed E-state index contributed by atoms with van der Waals surface area (Å²) in [6.45, 7) is 2.08. The maximum atomic E-state index is 4.42. The van der Waals surface area contributed by atoms with Crippen LogP contribution < -0.4 is 4.57 Å². The molecule has 0 saturated carbocycles. The van der Waals surface area contributed by atoms with Crippen LogP contribution in [0.4, 0.5) is 0 Å². The van der Waals surface area contributed by atoms with E-state index in [-0.39, 0.29) is 0 Å². The maximum absolute atomic E-state index is 4.42. The molecule has 0 bridgehead atoms. The number of nitrogens with zero attached hydrogens (tertiary/aromatic N) is 3. The molecule has 3 nitrogen and oxygen atoms in total. The highest BCUT2D eigenvalue weighted by Crippen LogP contribution is 2.15. The summed E-state index contributed by atoms with van der Waals surface area (Å²) in [7, 11) is 2.05. The first-order chi connectivity index (χ1) is 8.25. The van der Waals surface area contributed by atoms with Gasteiger partial charge in [-0.15, -0.1) is 0 Å². The molecule has 0 unspecified atom stereocenters. The first kappa shape index (κ1) is 10.0. The SMILES string of the molecule is Cc1ccnc(-n2c[n+](C)c3ccccc32)c1. The maximum Gasteiger partial charge on any atom is 0.251 e. The van der Waals surface area contributed by atoms with Crippen LogP contribution in [0.25, 0.3) is 16.9 Å². The molecule has 0 aliphatic carbocycles. The van der Waals surface area contributed by atoms with Gasteiger partial charge in [-0.1, -0.05) is 12.1 Å². The summed E-state index contributed by atoms with van der Waals surface area (Å²) in [6, 6.07) is 12.4. The fraction of sp³-hybridized carbons (Fsp3) is 0.143. The highest BCUT2D eigenvalue weighted by Gasteiger charge is 2.14. The Kier molecular flexibility index (Phi) is 2.18. The lowest BCUT2D eigenvalue weighted by Crippen LogP contribution is -2.25. The number of fused-ring (bicyclic) bond motifs is 1. The molecule has 2 heterocycles. The van der Waals surface area contributed by atoms with E-state index in [2.05, 4.69) is 64.7 Å². The van der Waals surface area contributed by atoms with Gasteiger partial charge in [0.05, 0.1) is 7.05 Å². The first-order valence-electron chi connectivity index (χ1n) is 5.64. The van der Waals surface area contributed by atoms with Crippen molar-refractivity contribution in [3.05, 3.63) is 54.5 Å². The lowest BCUT2D eigenvalue weighted by atomic mass is 10.3. The van der Waals surface area contributed by atoms with Crippen molar-refractivity contribution in [2.45, 2.75) is 6.92 Å². The Balaban J connectivity index is 2.31. The van der Waals surface area contributed by atoms with E-state index in [1.807, 2.05) is 12.3 Å². The van der Waals surface area contributed by atoms with Crippen molar-refractivity contribution in [3.8, 4) is 5.82 Å². The number of hydrogen-bond donors (Lipinski definition) is 0. The molecule has 0 radical (unpaired) electrons. The fourth-order valence-corrected chi connectivity index (χ4v) is 2.10. The van der Waals surface area contributed by atoms with E-state index >= 15 is 0 Å². The second kappa shape index (κ2) is 3.70. The molecule has 0 spiro atoms. The highest BCUT2D eigenvalue weighted by atomic mass is 15.2. The van der Waals surface area contributed by atoms with E-state index in [1.54, 1.807) is 0 Å². The summed E-state index contributed by atoms with van der Waals surface area (Å²) in [5.41, 5.74) is 3.60. The van der Waals surface area contributed by atoms with Crippen LogP contribution in [0.2, 0.25) is 0 Å². The molecular weight excluding hydrogens is 210 g/mol. The van der Waals surface area contributed by atoms with Crippen LogP contribution in [0.15, 0.2) is 48.9 Å². The van der Waals surface area contributed by atoms with Crippen molar-refractivity contribution in [3.63, 3.8) is 0 Å². The Labute approximate surface area is 100.0 Å². The number of aryl methyl sites for hydroxylation is 2. The van der Waals surface area contributed by atoms with Crippen LogP contribution >= 0.6 is 0 Å². The van der Waals surface area contributed by atoms with Gasteiger partial charge in [-0.05, 0) is 30.7 Å². The van der Waals surface area contributed by atoms with E-state index < -0.39 is 0 Å². The summed E-state index contributed by atoms with van der Waals surface area (Å²) in [5.74, 6) is 0.960. The van der Waals surface area contributed by atoms with Crippen molar-refractivity contribution in [2.24, 2.45) is 7.05 Å². The Morgan fingerprint density at radius 1 is 1.18 bits per heavy atom. The van der Waals surface area contributed by atoms with Crippen molar-refractivity contribution >= 4 is 11.0 Å². The predicted octanol–water partition coefficient (Wildman–Crippen LogP) is 2.16. The number of rotatable bonds is 1. The standard InChI is InChI=1S/C14H14N3/c1-11-7-8-15-14(9-11)17-10-16(2)12-5-3-4-6-13(12)17/h3-10H,1-2H3/q+1. The molecule has 2 aromatic heterocycles. The van der Waals surface area contributed by atoms with Gasteiger partial charge >= 0.3 is 0 Å². The molecule has 17 heavy (non-hydrogen) atoms. The van der Waals surface area contributed by atoms with E-state index in [9.17, 15) is 0 Å². The molecule has 1 aromatic carbocycles. The van der Waals surface area contributed by atoms with Gasteiger partial charge in [0.15, 0.2) is 11.0 Å². The van der Waals surface area contributed by atoms with Gasteiger partial charge in [0.1, 0.15) is 0 Å². The molecule has 0 aliphatic rings. The number of hydrogen-bond acceptors (Lipinski definition) is 1. The summed E-state index contributed by atoms with van der Waals surface area (Å²) in [4.78, 5) is 4.42. The monoisotopic (exact) mass is 224 g/mol. The van der Waals surface area contributed by atoms with Gasteiger partial charge in [-0.3, -0.25) is 0 Å². The Morgan fingerprint density at radius 3 is 2.82 bits per heavy atom. The average molecular weight is 224 g/mol. The Hall–Kier alpha value is -2.16. The number of para-hydroxylation sites is 2. The molecule has 3 heteroatoms. The third-order valence-electron chi connectivity index (χ3n) is 2.96. The van der Waals surface area contributed by atoms with Crippen LogP contribution in [0, 0.1) is 6.92 Å². The van der Waals surface area contributed by atoms with Gasteiger partial charge < -0.3 is 0 Å². The normalized spacial score (nSPS) is 10.9. The van der Waals surface area contributed by atoms with Crippen molar-refractivity contribution in [2.75, 3.05) is 0 Å². The second-order valence-corrected chi connectivity index (χ2v) is 4.28. The van der Waals surface area contributed by atoms with Crippen LogP contribution in [-0.4, -0.2) is 9.55 Å². The molecule has 3 rings (SSSR count). The number of pyridine rings is 1. The van der Waals surface area contributed by atoms with Crippen LogP contribution in [0.1, 0.15) is 5.56 Å². The first-order valence-corrected chi connectivity index (χ1v) is 5.64. The molecule has 3 aromatic rings. The quantitative estimate of drug-likeness (QED) is 0.580. The van der Waals surface area contributed by atoms with E-state index in [1.165, 1.54) is 16.6 Å². The van der Waals surface area contributed by atoms with Crippen LogP contribution in [0.3, 0.4) is 0 Å². The molecule has 0 saturated heterocycles. The lowest BCUT2D eigenvalue weighted by Gasteiger charge is -1.96. The van der Waals surface area contributed by atoms with Gasteiger partial charge in [0.2, 0.25) is 5.82 Å². The second-order valence-electron chi connectivity index (χ2n) is 4.28. The largest absolute Gasteiger partial charge is 0.251 e. The third kappa shape index (κ3) is 1.60. The Bertz CT molecular complexity index is 683. The molecule has 0 amide bonds. The zero-order chi connectivity index (χ0) is 11.8. The number of imidazole rings is 1. The average Bonchev–Trinajstić information content (AvgIpc) is 2.68.